The fraction of sp³-hybridized carbons (Fsp3) is 0.286. The standard InChI is InChI=1S/C28H27F3O/c1-3-4-5-6-18-7-9-19(10-8-18)20-11-12-21-16-24(25(29)17-22(21)15-20)23-13-14-26(32-2)28(31)27(23)30/h7-11,13-14,16-17H,3-6,12,15H2,1-2H3. The van der Waals surface area contributed by atoms with Gasteiger partial charge in [-0.25, -0.2) is 8.78 Å². The second-order valence-electron chi connectivity index (χ2n) is 8.31. The minimum atomic E-state index is -1.11. The zero-order valence-corrected chi connectivity index (χ0v) is 18.5. The van der Waals surface area contributed by atoms with Gasteiger partial charge in [0.05, 0.1) is 7.11 Å². The molecule has 1 aliphatic carbocycles. The molecule has 0 radical (unpaired) electrons. The molecule has 1 nitrogen and oxygen atoms in total. The number of fused-ring (bicyclic) bond motifs is 1. The van der Waals surface area contributed by atoms with Crippen LogP contribution < -0.4 is 4.74 Å². The fourth-order valence-electron chi connectivity index (χ4n) is 4.31. The summed E-state index contributed by atoms with van der Waals surface area (Å²) in [5, 5.41) is 0. The Hall–Kier alpha value is -3.01. The second kappa shape index (κ2) is 9.64. The molecule has 166 valence electrons. The van der Waals surface area contributed by atoms with Crippen LogP contribution in [0.3, 0.4) is 0 Å². The van der Waals surface area contributed by atoms with Crippen LogP contribution in [0.2, 0.25) is 0 Å². The van der Waals surface area contributed by atoms with Crippen LogP contribution in [-0.2, 0) is 19.3 Å². The maximum absolute atomic E-state index is 14.9. The number of unbranched alkanes of at least 4 members (excludes halogenated alkanes) is 2. The van der Waals surface area contributed by atoms with Crippen molar-refractivity contribution in [2.45, 2.75) is 45.4 Å². The van der Waals surface area contributed by atoms with E-state index in [0.29, 0.717) is 12.8 Å². The normalized spacial score (nSPS) is 13.0. The molecule has 0 spiro atoms. The highest BCUT2D eigenvalue weighted by Crippen LogP contribution is 2.36. The first-order valence-corrected chi connectivity index (χ1v) is 11.1. The highest BCUT2D eigenvalue weighted by molar-refractivity contribution is 5.73. The summed E-state index contributed by atoms with van der Waals surface area (Å²) in [6.45, 7) is 2.20. The molecule has 0 saturated carbocycles. The van der Waals surface area contributed by atoms with Gasteiger partial charge in [-0.3, -0.25) is 0 Å². The Kier molecular flexibility index (Phi) is 6.69. The van der Waals surface area contributed by atoms with Crippen molar-refractivity contribution >= 4 is 5.57 Å². The zero-order chi connectivity index (χ0) is 22.7. The number of rotatable bonds is 7. The van der Waals surface area contributed by atoms with Crippen LogP contribution in [0.5, 0.6) is 5.75 Å². The van der Waals surface area contributed by atoms with E-state index in [1.165, 1.54) is 50.1 Å². The van der Waals surface area contributed by atoms with Gasteiger partial charge in [0.15, 0.2) is 11.6 Å². The molecule has 4 heteroatoms. The van der Waals surface area contributed by atoms with Gasteiger partial charge in [-0.1, -0.05) is 50.1 Å². The number of hydrogen-bond acceptors (Lipinski definition) is 1. The quantitative estimate of drug-likeness (QED) is 0.345. The first kappa shape index (κ1) is 22.2. The van der Waals surface area contributed by atoms with Crippen molar-refractivity contribution < 1.29 is 17.9 Å². The monoisotopic (exact) mass is 436 g/mol. The van der Waals surface area contributed by atoms with Gasteiger partial charge >= 0.3 is 0 Å². The lowest BCUT2D eigenvalue weighted by Gasteiger charge is -2.20. The Morgan fingerprint density at radius 2 is 1.62 bits per heavy atom. The van der Waals surface area contributed by atoms with Crippen LogP contribution in [0, 0.1) is 17.5 Å². The van der Waals surface area contributed by atoms with Crippen LogP contribution in [0.15, 0.2) is 54.6 Å². The lowest BCUT2D eigenvalue weighted by molar-refractivity contribution is 0.372. The van der Waals surface area contributed by atoms with E-state index in [1.807, 2.05) is 0 Å². The molecule has 0 unspecified atom stereocenters. The number of methoxy groups -OCH3 is 1. The third-order valence-electron chi connectivity index (χ3n) is 6.19. The van der Waals surface area contributed by atoms with Gasteiger partial charge in [0.25, 0.3) is 0 Å². The molecule has 0 saturated heterocycles. The third kappa shape index (κ3) is 4.45. The van der Waals surface area contributed by atoms with Crippen molar-refractivity contribution in [3.63, 3.8) is 0 Å². The molecule has 3 aromatic carbocycles. The van der Waals surface area contributed by atoms with Crippen LogP contribution in [-0.4, -0.2) is 7.11 Å². The van der Waals surface area contributed by atoms with Gasteiger partial charge in [0, 0.05) is 11.1 Å². The molecule has 0 fully saturated rings. The minimum absolute atomic E-state index is 0.0658. The first-order chi connectivity index (χ1) is 15.5. The molecule has 0 atom stereocenters. The topological polar surface area (TPSA) is 9.23 Å². The Morgan fingerprint density at radius 1 is 0.844 bits per heavy atom. The highest BCUT2D eigenvalue weighted by Gasteiger charge is 2.21. The summed E-state index contributed by atoms with van der Waals surface area (Å²) in [5.41, 5.74) is 5.41. The van der Waals surface area contributed by atoms with E-state index in [2.05, 4.69) is 37.3 Å². The summed E-state index contributed by atoms with van der Waals surface area (Å²) < 4.78 is 48.4. The molecule has 4 rings (SSSR count). The van der Waals surface area contributed by atoms with Crippen molar-refractivity contribution in [2.75, 3.05) is 7.11 Å². The average Bonchev–Trinajstić information content (AvgIpc) is 2.81. The summed E-state index contributed by atoms with van der Waals surface area (Å²) in [6, 6.07) is 14.4. The molecule has 0 aromatic heterocycles. The SMILES string of the molecule is CCCCCc1ccc(C2=CCc3cc(-c4ccc(OC)c(F)c4F)c(F)cc3C2)cc1. The fourth-order valence-corrected chi connectivity index (χ4v) is 4.31. The van der Waals surface area contributed by atoms with Crippen LogP contribution in [0.4, 0.5) is 13.2 Å². The molecule has 0 N–H and O–H groups in total. The number of halogens is 3. The molecule has 0 amide bonds. The Morgan fingerprint density at radius 3 is 2.34 bits per heavy atom. The smallest absolute Gasteiger partial charge is 0.201 e. The Labute approximate surface area is 187 Å². The van der Waals surface area contributed by atoms with Crippen molar-refractivity contribution in [3.05, 3.63) is 94.3 Å². The van der Waals surface area contributed by atoms with E-state index in [-0.39, 0.29) is 16.9 Å². The van der Waals surface area contributed by atoms with Gasteiger partial charge in [-0.15, -0.1) is 0 Å². The van der Waals surface area contributed by atoms with Crippen LogP contribution in [0.1, 0.15) is 48.4 Å². The van der Waals surface area contributed by atoms with Crippen molar-refractivity contribution in [1.29, 1.82) is 0 Å². The molecule has 1 aliphatic rings. The van der Waals surface area contributed by atoms with E-state index in [9.17, 15) is 13.2 Å². The summed E-state index contributed by atoms with van der Waals surface area (Å²) in [7, 11) is 1.26. The molecule has 32 heavy (non-hydrogen) atoms. The summed E-state index contributed by atoms with van der Waals surface area (Å²) in [5.74, 6) is -2.97. The minimum Gasteiger partial charge on any atom is -0.494 e. The average molecular weight is 437 g/mol. The first-order valence-electron chi connectivity index (χ1n) is 11.1. The Bertz CT molecular complexity index is 1150. The molecule has 0 heterocycles. The summed E-state index contributed by atoms with van der Waals surface area (Å²) in [4.78, 5) is 0. The van der Waals surface area contributed by atoms with E-state index < -0.39 is 17.5 Å². The molecule has 3 aromatic rings. The lowest BCUT2D eigenvalue weighted by Crippen LogP contribution is -2.05. The molecule has 0 bridgehead atoms. The number of ether oxygens (including phenoxy) is 1. The van der Waals surface area contributed by atoms with Crippen molar-refractivity contribution in [2.24, 2.45) is 0 Å². The molecular weight excluding hydrogens is 409 g/mol. The zero-order valence-electron chi connectivity index (χ0n) is 18.5. The Balaban J connectivity index is 1.57. The van der Waals surface area contributed by atoms with Gasteiger partial charge in [0.2, 0.25) is 5.82 Å². The number of benzene rings is 3. The maximum Gasteiger partial charge on any atom is 0.201 e. The van der Waals surface area contributed by atoms with E-state index in [1.54, 1.807) is 6.07 Å². The maximum atomic E-state index is 14.9. The van der Waals surface area contributed by atoms with Crippen LogP contribution >= 0.6 is 0 Å². The van der Waals surface area contributed by atoms with Gasteiger partial charge in [0.1, 0.15) is 5.82 Å². The van der Waals surface area contributed by atoms with Gasteiger partial charge < -0.3 is 4.74 Å². The summed E-state index contributed by atoms with van der Waals surface area (Å²) in [6.07, 6.45) is 8.12. The lowest BCUT2D eigenvalue weighted by atomic mass is 9.86. The number of allylic oxidation sites excluding steroid dienone is 2. The van der Waals surface area contributed by atoms with E-state index in [4.69, 9.17) is 4.74 Å². The van der Waals surface area contributed by atoms with E-state index in [0.717, 1.165) is 28.7 Å². The van der Waals surface area contributed by atoms with Crippen molar-refractivity contribution in [1.82, 2.24) is 0 Å². The number of aryl methyl sites for hydroxylation is 1. The van der Waals surface area contributed by atoms with Crippen molar-refractivity contribution in [3.8, 4) is 16.9 Å². The largest absolute Gasteiger partial charge is 0.494 e. The van der Waals surface area contributed by atoms with Crippen LogP contribution in [0.25, 0.3) is 16.7 Å². The number of hydrogen-bond donors (Lipinski definition) is 0. The molecule has 0 aliphatic heterocycles. The summed E-state index contributed by atoms with van der Waals surface area (Å²) >= 11 is 0. The second-order valence-corrected chi connectivity index (χ2v) is 8.31. The predicted molar refractivity (Wildman–Crippen MR) is 123 cm³/mol. The molecular formula is C28H27F3O. The van der Waals surface area contributed by atoms with Gasteiger partial charge in [-0.2, -0.15) is 4.39 Å². The predicted octanol–water partition coefficient (Wildman–Crippen LogP) is 7.69. The third-order valence-corrected chi connectivity index (χ3v) is 6.19. The van der Waals surface area contributed by atoms with Gasteiger partial charge in [-0.05, 0) is 77.8 Å². The van der Waals surface area contributed by atoms with E-state index >= 15 is 0 Å². The highest BCUT2D eigenvalue weighted by atomic mass is 19.2.